The second-order valence-electron chi connectivity index (χ2n) is 5.78. The molecule has 1 saturated carbocycles. The number of esters is 1. The largest absolute Gasteiger partial charge is 0.469 e. The van der Waals surface area contributed by atoms with Gasteiger partial charge >= 0.3 is 5.97 Å². The molecule has 124 valence electrons. The van der Waals surface area contributed by atoms with Gasteiger partial charge in [-0.2, -0.15) is 0 Å². The van der Waals surface area contributed by atoms with Crippen molar-refractivity contribution < 1.29 is 19.1 Å². The van der Waals surface area contributed by atoms with Crippen molar-refractivity contribution in [2.75, 3.05) is 20.3 Å². The standard InChI is InChI=1S/C14H26N2O4.ClH/c1-5-20-10-9-14(15,13(10,2)3)12(18)16-8-6-7-11(17)19-4;/h10H,5-9,15H2,1-4H3,(H,16,18);1H. The number of carbonyl (C=O) groups is 2. The first-order chi connectivity index (χ1) is 9.29. The molecule has 3 N–H and O–H groups in total. The third-order valence-corrected chi connectivity index (χ3v) is 4.31. The Morgan fingerprint density at radius 2 is 2.00 bits per heavy atom. The Morgan fingerprint density at radius 1 is 1.38 bits per heavy atom. The predicted octanol–water partition coefficient (Wildman–Crippen LogP) is 1.01. The Morgan fingerprint density at radius 3 is 2.48 bits per heavy atom. The first-order valence-electron chi connectivity index (χ1n) is 7.05. The molecule has 0 bridgehead atoms. The van der Waals surface area contributed by atoms with E-state index < -0.39 is 11.0 Å². The van der Waals surface area contributed by atoms with Gasteiger partial charge in [0.05, 0.1) is 13.2 Å². The molecule has 0 spiro atoms. The molecule has 1 aliphatic rings. The Kier molecular flexibility index (Phi) is 7.64. The summed E-state index contributed by atoms with van der Waals surface area (Å²) >= 11 is 0. The van der Waals surface area contributed by atoms with Crippen LogP contribution in [-0.4, -0.2) is 43.8 Å². The molecule has 0 radical (unpaired) electrons. The molecule has 7 heteroatoms. The summed E-state index contributed by atoms with van der Waals surface area (Å²) in [7, 11) is 1.35. The molecular weight excluding hydrogens is 296 g/mol. The van der Waals surface area contributed by atoms with E-state index in [9.17, 15) is 9.59 Å². The maximum Gasteiger partial charge on any atom is 0.305 e. The highest BCUT2D eigenvalue weighted by molar-refractivity contribution is 5.88. The van der Waals surface area contributed by atoms with Crippen molar-refractivity contribution in [2.24, 2.45) is 11.1 Å². The lowest BCUT2D eigenvalue weighted by Gasteiger charge is -2.57. The minimum absolute atomic E-state index is 0. The van der Waals surface area contributed by atoms with E-state index in [1.54, 1.807) is 0 Å². The molecule has 21 heavy (non-hydrogen) atoms. The van der Waals surface area contributed by atoms with Crippen molar-refractivity contribution in [3.63, 3.8) is 0 Å². The number of hydrogen-bond acceptors (Lipinski definition) is 5. The first-order valence-corrected chi connectivity index (χ1v) is 7.05. The monoisotopic (exact) mass is 322 g/mol. The topological polar surface area (TPSA) is 90.6 Å². The SMILES string of the molecule is CCOC1CC(N)(C(=O)NCCCC(=O)OC)C1(C)C.Cl. The Bertz CT molecular complexity index is 376. The van der Waals surface area contributed by atoms with Gasteiger partial charge in [0, 0.05) is 31.4 Å². The molecule has 2 unspecified atom stereocenters. The van der Waals surface area contributed by atoms with Crippen LogP contribution in [-0.2, 0) is 19.1 Å². The van der Waals surface area contributed by atoms with E-state index >= 15 is 0 Å². The average molecular weight is 323 g/mol. The summed E-state index contributed by atoms with van der Waals surface area (Å²) in [5, 5.41) is 2.80. The van der Waals surface area contributed by atoms with Gasteiger partial charge in [0.25, 0.3) is 0 Å². The molecule has 0 aromatic heterocycles. The summed E-state index contributed by atoms with van der Waals surface area (Å²) in [6.07, 6.45) is 1.37. The van der Waals surface area contributed by atoms with Crippen LogP contribution in [0.2, 0.25) is 0 Å². The van der Waals surface area contributed by atoms with E-state index in [1.165, 1.54) is 7.11 Å². The van der Waals surface area contributed by atoms with Crippen LogP contribution in [0.5, 0.6) is 0 Å². The number of rotatable bonds is 7. The fourth-order valence-corrected chi connectivity index (χ4v) is 2.52. The van der Waals surface area contributed by atoms with Crippen molar-refractivity contribution in [2.45, 2.75) is 51.7 Å². The fraction of sp³-hybridized carbons (Fsp3) is 0.857. The molecule has 0 aromatic rings. The van der Waals surface area contributed by atoms with Crippen LogP contribution >= 0.6 is 12.4 Å². The summed E-state index contributed by atoms with van der Waals surface area (Å²) in [6, 6.07) is 0. The van der Waals surface area contributed by atoms with Gasteiger partial charge in [0.15, 0.2) is 0 Å². The van der Waals surface area contributed by atoms with Crippen LogP contribution in [0, 0.1) is 5.41 Å². The zero-order valence-electron chi connectivity index (χ0n) is 13.2. The quantitative estimate of drug-likeness (QED) is 0.539. The molecule has 0 aromatic carbocycles. The second kappa shape index (κ2) is 7.96. The van der Waals surface area contributed by atoms with Gasteiger partial charge in [-0.3, -0.25) is 9.59 Å². The van der Waals surface area contributed by atoms with Crippen LogP contribution in [0.15, 0.2) is 0 Å². The van der Waals surface area contributed by atoms with Crippen LogP contribution in [0.25, 0.3) is 0 Å². The van der Waals surface area contributed by atoms with Crippen molar-refractivity contribution in [3.8, 4) is 0 Å². The summed E-state index contributed by atoms with van der Waals surface area (Å²) in [6.45, 7) is 6.86. The Hall–Kier alpha value is -0.850. The fourth-order valence-electron chi connectivity index (χ4n) is 2.52. The van der Waals surface area contributed by atoms with Crippen LogP contribution in [0.4, 0.5) is 0 Å². The van der Waals surface area contributed by atoms with Gasteiger partial charge in [0.1, 0.15) is 5.54 Å². The zero-order chi connectivity index (χ0) is 15.4. The smallest absolute Gasteiger partial charge is 0.305 e. The summed E-state index contributed by atoms with van der Waals surface area (Å²) in [5.41, 5.74) is 4.93. The number of halogens is 1. The molecule has 2 atom stereocenters. The molecular formula is C14H27ClN2O4. The third kappa shape index (κ3) is 4.08. The molecule has 0 heterocycles. The lowest BCUT2D eigenvalue weighted by Crippen LogP contribution is -2.75. The Balaban J connectivity index is 0.00000400. The summed E-state index contributed by atoms with van der Waals surface area (Å²) in [4.78, 5) is 23.2. The normalized spacial score (nSPS) is 26.2. The number of nitrogens with one attached hydrogen (secondary N) is 1. The predicted molar refractivity (Wildman–Crippen MR) is 82.2 cm³/mol. The van der Waals surface area contributed by atoms with Crippen molar-refractivity contribution in [1.82, 2.24) is 5.32 Å². The second-order valence-corrected chi connectivity index (χ2v) is 5.78. The van der Waals surface area contributed by atoms with Gasteiger partial charge in [-0.05, 0) is 13.3 Å². The van der Waals surface area contributed by atoms with Crippen LogP contribution in [0.1, 0.15) is 40.0 Å². The first kappa shape index (κ1) is 20.1. The highest BCUT2D eigenvalue weighted by atomic mass is 35.5. The Labute approximate surface area is 132 Å². The van der Waals surface area contributed by atoms with Crippen molar-refractivity contribution in [1.29, 1.82) is 0 Å². The highest BCUT2D eigenvalue weighted by Crippen LogP contribution is 2.49. The van der Waals surface area contributed by atoms with Crippen molar-refractivity contribution >= 4 is 24.3 Å². The van der Waals surface area contributed by atoms with E-state index in [0.717, 1.165) is 0 Å². The molecule has 0 saturated heterocycles. The highest BCUT2D eigenvalue weighted by Gasteiger charge is 2.62. The minimum Gasteiger partial charge on any atom is -0.469 e. The average Bonchev–Trinajstić information content (AvgIpc) is 2.42. The van der Waals surface area contributed by atoms with Gasteiger partial charge in [-0.1, -0.05) is 13.8 Å². The van der Waals surface area contributed by atoms with E-state index in [-0.39, 0.29) is 30.4 Å². The van der Waals surface area contributed by atoms with Gasteiger partial charge in [-0.15, -0.1) is 12.4 Å². The van der Waals surface area contributed by atoms with E-state index in [4.69, 9.17) is 10.5 Å². The third-order valence-electron chi connectivity index (χ3n) is 4.31. The number of amides is 1. The van der Waals surface area contributed by atoms with Crippen LogP contribution < -0.4 is 11.1 Å². The zero-order valence-corrected chi connectivity index (χ0v) is 14.0. The van der Waals surface area contributed by atoms with E-state index in [2.05, 4.69) is 10.1 Å². The summed E-state index contributed by atoms with van der Waals surface area (Å²) in [5.74, 6) is -0.453. The van der Waals surface area contributed by atoms with Gasteiger partial charge < -0.3 is 20.5 Å². The van der Waals surface area contributed by atoms with Crippen LogP contribution in [0.3, 0.4) is 0 Å². The van der Waals surface area contributed by atoms with E-state index in [1.807, 2.05) is 20.8 Å². The number of nitrogens with two attached hydrogens (primary N) is 1. The molecule has 6 nitrogen and oxygen atoms in total. The summed E-state index contributed by atoms with van der Waals surface area (Å²) < 4.78 is 10.1. The molecule has 0 aliphatic heterocycles. The lowest BCUT2D eigenvalue weighted by molar-refractivity contribution is -0.170. The molecule has 1 rings (SSSR count). The molecule has 1 amide bonds. The van der Waals surface area contributed by atoms with Gasteiger partial charge in [-0.25, -0.2) is 0 Å². The minimum atomic E-state index is -0.905. The van der Waals surface area contributed by atoms with Gasteiger partial charge in [0.2, 0.25) is 5.91 Å². The number of hydrogen-bond donors (Lipinski definition) is 2. The maximum absolute atomic E-state index is 12.2. The lowest BCUT2D eigenvalue weighted by atomic mass is 9.54. The maximum atomic E-state index is 12.2. The molecule has 1 fully saturated rings. The van der Waals surface area contributed by atoms with E-state index in [0.29, 0.717) is 32.4 Å². The number of carbonyl (C=O) groups excluding carboxylic acids is 2. The van der Waals surface area contributed by atoms with Crippen molar-refractivity contribution in [3.05, 3.63) is 0 Å². The molecule has 1 aliphatic carbocycles. The number of methoxy groups -OCH3 is 1. The number of ether oxygens (including phenoxy) is 2.